The van der Waals surface area contributed by atoms with Crippen LogP contribution in [0.4, 0.5) is 0 Å². The molecule has 0 N–H and O–H groups in total. The molecule has 2 heterocycles. The molecule has 3 fully saturated rings. The summed E-state index contributed by atoms with van der Waals surface area (Å²) < 4.78 is 12.0. The molecule has 2 aliphatic heterocycles. The maximum absolute atomic E-state index is 12.1. The van der Waals surface area contributed by atoms with Gasteiger partial charge in [0.1, 0.15) is 0 Å². The van der Waals surface area contributed by atoms with Crippen LogP contribution in [0.25, 0.3) is 0 Å². The van der Waals surface area contributed by atoms with Crippen molar-refractivity contribution in [1.82, 2.24) is 0 Å². The molecule has 0 spiro atoms. The van der Waals surface area contributed by atoms with Crippen LogP contribution in [-0.4, -0.2) is 24.8 Å². The van der Waals surface area contributed by atoms with Crippen LogP contribution in [0.2, 0.25) is 0 Å². The summed E-state index contributed by atoms with van der Waals surface area (Å²) in [5.74, 6) is 1.05. The third-order valence-corrected chi connectivity index (χ3v) is 7.08. The van der Waals surface area contributed by atoms with E-state index in [-0.39, 0.29) is 23.6 Å². The van der Waals surface area contributed by atoms with Crippen LogP contribution in [0.3, 0.4) is 0 Å². The number of hydrogen-bond acceptors (Lipinski definition) is 4. The molecule has 0 unspecified atom stereocenters. The van der Waals surface area contributed by atoms with Crippen LogP contribution in [0.15, 0.2) is 11.6 Å². The fourth-order valence-corrected chi connectivity index (χ4v) is 5.33. The molecular weight excluding hydrogens is 290 g/mol. The molecule has 23 heavy (non-hydrogen) atoms. The van der Waals surface area contributed by atoms with Crippen molar-refractivity contribution in [2.24, 2.45) is 22.7 Å². The Bertz CT molecular complexity index is 594. The van der Waals surface area contributed by atoms with Crippen LogP contribution in [0.5, 0.6) is 0 Å². The Balaban J connectivity index is 1.75. The van der Waals surface area contributed by atoms with Gasteiger partial charge >= 0.3 is 0 Å². The highest BCUT2D eigenvalue weighted by molar-refractivity contribution is 5.92. The third kappa shape index (κ3) is 2.06. The lowest BCUT2D eigenvalue weighted by atomic mass is 9.50. The van der Waals surface area contributed by atoms with E-state index >= 15 is 0 Å². The Hall–Kier alpha value is -1.18. The largest absolute Gasteiger partial charge is 0.352 e. The van der Waals surface area contributed by atoms with Crippen LogP contribution in [-0.2, 0) is 14.3 Å². The Labute approximate surface area is 137 Å². The molecule has 4 heteroatoms. The van der Waals surface area contributed by atoms with E-state index in [1.54, 1.807) is 6.08 Å². The van der Waals surface area contributed by atoms with Crippen molar-refractivity contribution in [1.29, 1.82) is 5.26 Å². The molecule has 2 aliphatic carbocycles. The minimum absolute atomic E-state index is 0.0537. The number of rotatable bonds is 1. The van der Waals surface area contributed by atoms with Gasteiger partial charge in [-0.15, -0.1) is 0 Å². The summed E-state index contributed by atoms with van der Waals surface area (Å²) >= 11 is 0. The lowest BCUT2D eigenvalue weighted by Crippen LogP contribution is -2.50. The summed E-state index contributed by atoms with van der Waals surface area (Å²) in [7, 11) is 0. The number of fused-ring (bicyclic) bond motifs is 2. The molecular formula is C19H25NO3. The summed E-state index contributed by atoms with van der Waals surface area (Å²) in [6, 6.07) is 2.58. The van der Waals surface area contributed by atoms with Gasteiger partial charge < -0.3 is 9.47 Å². The molecule has 4 aliphatic rings. The maximum atomic E-state index is 12.1. The lowest BCUT2D eigenvalue weighted by Gasteiger charge is -2.53. The van der Waals surface area contributed by atoms with Crippen molar-refractivity contribution >= 4 is 5.78 Å². The minimum atomic E-state index is -0.461. The Morgan fingerprint density at radius 3 is 2.91 bits per heavy atom. The summed E-state index contributed by atoms with van der Waals surface area (Å²) in [5.41, 5.74) is 0.349. The fourth-order valence-electron chi connectivity index (χ4n) is 5.33. The third-order valence-electron chi connectivity index (χ3n) is 7.08. The van der Waals surface area contributed by atoms with Crippen LogP contribution < -0.4 is 0 Å². The first-order chi connectivity index (χ1) is 11.0. The minimum Gasteiger partial charge on any atom is -0.352 e. The summed E-state index contributed by atoms with van der Waals surface area (Å²) in [6.45, 7) is 5.26. The monoisotopic (exact) mass is 315 g/mol. The number of nitrogens with zero attached hydrogens (tertiary/aromatic N) is 1. The molecule has 1 saturated carbocycles. The van der Waals surface area contributed by atoms with Gasteiger partial charge in [0.15, 0.2) is 12.1 Å². The predicted octanol–water partition coefficient (Wildman–Crippen LogP) is 3.37. The highest BCUT2D eigenvalue weighted by Crippen LogP contribution is 2.61. The van der Waals surface area contributed by atoms with Gasteiger partial charge in [-0.2, -0.15) is 5.26 Å². The second-order valence-corrected chi connectivity index (χ2v) is 8.09. The van der Waals surface area contributed by atoms with Gasteiger partial charge in [0.05, 0.1) is 24.2 Å². The van der Waals surface area contributed by atoms with Crippen LogP contribution in [0.1, 0.15) is 52.4 Å². The second kappa shape index (κ2) is 5.16. The highest BCUT2D eigenvalue weighted by Gasteiger charge is 2.58. The number of allylic oxidation sites excluding steroid dienone is 1. The van der Waals surface area contributed by atoms with Gasteiger partial charge in [-0.25, -0.2) is 0 Å². The average molecular weight is 315 g/mol. The average Bonchev–Trinajstić information content (AvgIpc) is 3.14. The normalized spacial score (nSPS) is 49.3. The van der Waals surface area contributed by atoms with Crippen molar-refractivity contribution in [3.05, 3.63) is 11.6 Å². The zero-order chi connectivity index (χ0) is 16.2. The Morgan fingerprint density at radius 1 is 1.35 bits per heavy atom. The van der Waals surface area contributed by atoms with Crippen molar-refractivity contribution in [3.8, 4) is 6.07 Å². The fraction of sp³-hybridized carbons (Fsp3) is 0.789. The molecule has 0 amide bonds. The van der Waals surface area contributed by atoms with Gasteiger partial charge in [0.2, 0.25) is 0 Å². The first-order valence-electron chi connectivity index (χ1n) is 8.93. The van der Waals surface area contributed by atoms with Gasteiger partial charge in [0.25, 0.3) is 0 Å². The first-order valence-corrected chi connectivity index (χ1v) is 8.93. The SMILES string of the molecule is C[C@@H]1CC[C@]2(C#N)CCC(=O)C=C2[C@@]1(C)[C@H]1C[C@@H]2CCO[C@@H]2O1. The molecule has 4 rings (SSSR count). The van der Waals surface area contributed by atoms with E-state index < -0.39 is 5.41 Å². The van der Waals surface area contributed by atoms with E-state index in [1.807, 2.05) is 0 Å². The summed E-state index contributed by atoms with van der Waals surface area (Å²) in [5, 5.41) is 9.92. The van der Waals surface area contributed by atoms with Crippen LogP contribution in [0, 0.1) is 34.0 Å². The van der Waals surface area contributed by atoms with Gasteiger partial charge in [-0.05, 0) is 49.7 Å². The van der Waals surface area contributed by atoms with Gasteiger partial charge in [-0.1, -0.05) is 13.8 Å². The number of nitriles is 1. The number of ether oxygens (including phenoxy) is 2. The maximum Gasteiger partial charge on any atom is 0.160 e. The van der Waals surface area contributed by atoms with E-state index in [0.717, 1.165) is 37.9 Å². The van der Waals surface area contributed by atoms with E-state index in [2.05, 4.69) is 19.9 Å². The van der Waals surface area contributed by atoms with E-state index in [4.69, 9.17) is 9.47 Å². The molecule has 6 atom stereocenters. The molecule has 0 aromatic rings. The summed E-state index contributed by atoms with van der Waals surface area (Å²) in [6.07, 6.45) is 6.88. The first kappa shape index (κ1) is 15.4. The molecule has 2 saturated heterocycles. The zero-order valence-electron chi connectivity index (χ0n) is 14.0. The zero-order valence-corrected chi connectivity index (χ0v) is 14.0. The Kier molecular flexibility index (Phi) is 3.44. The smallest absolute Gasteiger partial charge is 0.160 e. The molecule has 0 radical (unpaired) electrons. The quantitative estimate of drug-likeness (QED) is 0.744. The van der Waals surface area contributed by atoms with Gasteiger partial charge in [0, 0.05) is 17.8 Å². The predicted molar refractivity (Wildman–Crippen MR) is 84.2 cm³/mol. The van der Waals surface area contributed by atoms with Crippen molar-refractivity contribution in [2.45, 2.75) is 64.8 Å². The number of hydrogen-bond donors (Lipinski definition) is 0. The number of ketones is 1. The lowest BCUT2D eigenvalue weighted by molar-refractivity contribution is -0.151. The highest BCUT2D eigenvalue weighted by atomic mass is 16.7. The van der Waals surface area contributed by atoms with Crippen molar-refractivity contribution in [2.75, 3.05) is 6.61 Å². The molecule has 0 aromatic carbocycles. The van der Waals surface area contributed by atoms with Crippen LogP contribution >= 0.6 is 0 Å². The summed E-state index contributed by atoms with van der Waals surface area (Å²) in [4.78, 5) is 12.1. The van der Waals surface area contributed by atoms with E-state index in [0.29, 0.717) is 24.7 Å². The second-order valence-electron chi connectivity index (χ2n) is 8.09. The van der Waals surface area contributed by atoms with E-state index in [1.165, 1.54) is 0 Å². The number of carbonyl (C=O) groups is 1. The van der Waals surface area contributed by atoms with E-state index in [9.17, 15) is 10.1 Å². The molecule has 124 valence electrons. The van der Waals surface area contributed by atoms with Crippen molar-refractivity contribution < 1.29 is 14.3 Å². The molecule has 4 nitrogen and oxygen atoms in total. The standard InChI is InChI=1S/C19H25NO3/c1-12-3-6-19(11-20)7-4-14(21)10-15(19)18(12,2)16-9-13-5-8-22-17(13)23-16/h10,12-13,16-17H,3-9H2,1-2H3/t12-,13+,16-,17-,18+,19-/m1/s1. The van der Waals surface area contributed by atoms with Crippen molar-refractivity contribution in [3.63, 3.8) is 0 Å². The Morgan fingerprint density at radius 2 is 2.17 bits per heavy atom. The molecule has 0 bridgehead atoms. The number of carbonyl (C=O) groups excluding carboxylic acids is 1. The topological polar surface area (TPSA) is 59.3 Å². The molecule has 0 aromatic heterocycles. The van der Waals surface area contributed by atoms with Gasteiger partial charge in [-0.3, -0.25) is 4.79 Å².